The number of nitrogens with one attached hydrogen (secondary N) is 1. The van der Waals surface area contributed by atoms with Crippen molar-refractivity contribution in [1.29, 1.82) is 0 Å². The summed E-state index contributed by atoms with van der Waals surface area (Å²) in [6, 6.07) is 2.28. The molecule has 0 aliphatic heterocycles. The van der Waals surface area contributed by atoms with Gasteiger partial charge in [0.1, 0.15) is 6.54 Å². The van der Waals surface area contributed by atoms with Crippen LogP contribution in [0.1, 0.15) is 10.5 Å². The first-order chi connectivity index (χ1) is 7.29. The van der Waals surface area contributed by atoms with Crippen molar-refractivity contribution in [3.63, 3.8) is 0 Å². The second kappa shape index (κ2) is 4.25. The lowest BCUT2D eigenvalue weighted by Gasteiger charge is -2.10. The fourth-order valence-corrected chi connectivity index (χ4v) is 0.915. The van der Waals surface area contributed by atoms with E-state index in [0.717, 1.165) is 6.07 Å². The summed E-state index contributed by atoms with van der Waals surface area (Å²) in [4.78, 5) is 14.0. The highest BCUT2D eigenvalue weighted by molar-refractivity contribution is 5.86. The molecule has 1 rings (SSSR count). The quantitative estimate of drug-likeness (QED) is 0.735. The van der Waals surface area contributed by atoms with Crippen LogP contribution >= 0.6 is 0 Å². The standard InChI is InChI=1S/C8H8F3N3O2/c9-8(10,11)3-13-6-4(12)1-2-5(14-6)7(15)16/h1-2H,3,12H2,(H,13,14)(H,15,16). The number of carboxylic acid groups (broad SMARTS) is 1. The fraction of sp³-hybridized carbons (Fsp3) is 0.250. The third kappa shape index (κ3) is 3.30. The molecule has 0 saturated heterocycles. The molecule has 0 aliphatic rings. The van der Waals surface area contributed by atoms with E-state index >= 15 is 0 Å². The van der Waals surface area contributed by atoms with Crippen LogP contribution in [0.5, 0.6) is 0 Å². The number of rotatable bonds is 3. The summed E-state index contributed by atoms with van der Waals surface area (Å²) < 4.78 is 35.7. The summed E-state index contributed by atoms with van der Waals surface area (Å²) in [5.74, 6) is -1.63. The SMILES string of the molecule is Nc1ccc(C(=O)O)nc1NCC(F)(F)F. The van der Waals surface area contributed by atoms with Crippen LogP contribution in [-0.2, 0) is 0 Å². The first-order valence-corrected chi connectivity index (χ1v) is 4.10. The third-order valence-electron chi connectivity index (χ3n) is 1.60. The highest BCUT2D eigenvalue weighted by Crippen LogP contribution is 2.19. The molecule has 16 heavy (non-hydrogen) atoms. The van der Waals surface area contributed by atoms with Gasteiger partial charge in [-0.15, -0.1) is 0 Å². The van der Waals surface area contributed by atoms with Crippen LogP contribution in [0.25, 0.3) is 0 Å². The fourth-order valence-electron chi connectivity index (χ4n) is 0.915. The average molecular weight is 235 g/mol. The van der Waals surface area contributed by atoms with Gasteiger partial charge in [-0.3, -0.25) is 0 Å². The number of aromatic carboxylic acids is 1. The van der Waals surface area contributed by atoms with Crippen molar-refractivity contribution in [3.8, 4) is 0 Å². The van der Waals surface area contributed by atoms with Crippen molar-refractivity contribution in [2.75, 3.05) is 17.6 Å². The number of hydrogen-bond acceptors (Lipinski definition) is 4. The normalized spacial score (nSPS) is 11.2. The maximum Gasteiger partial charge on any atom is 0.405 e. The predicted molar refractivity (Wildman–Crippen MR) is 50.2 cm³/mol. The highest BCUT2D eigenvalue weighted by Gasteiger charge is 2.27. The van der Waals surface area contributed by atoms with Crippen LogP contribution < -0.4 is 11.1 Å². The van der Waals surface area contributed by atoms with Crippen molar-refractivity contribution in [3.05, 3.63) is 17.8 Å². The van der Waals surface area contributed by atoms with Gasteiger partial charge in [0.2, 0.25) is 0 Å². The van der Waals surface area contributed by atoms with E-state index in [9.17, 15) is 18.0 Å². The lowest BCUT2D eigenvalue weighted by Crippen LogP contribution is -2.22. The Hall–Kier alpha value is -1.99. The molecular formula is C8H8F3N3O2. The van der Waals surface area contributed by atoms with Crippen molar-refractivity contribution in [2.45, 2.75) is 6.18 Å². The second-order valence-electron chi connectivity index (χ2n) is 2.91. The minimum Gasteiger partial charge on any atom is -0.477 e. The number of anilines is 2. The Morgan fingerprint density at radius 1 is 1.50 bits per heavy atom. The predicted octanol–water partition coefficient (Wildman–Crippen LogP) is 1.34. The minimum atomic E-state index is -4.42. The van der Waals surface area contributed by atoms with Gasteiger partial charge in [-0.2, -0.15) is 13.2 Å². The number of alkyl halides is 3. The van der Waals surface area contributed by atoms with Crippen LogP contribution in [0.4, 0.5) is 24.7 Å². The maximum atomic E-state index is 11.9. The molecule has 5 nitrogen and oxygen atoms in total. The van der Waals surface area contributed by atoms with Gasteiger partial charge in [0, 0.05) is 0 Å². The molecule has 4 N–H and O–H groups in total. The van der Waals surface area contributed by atoms with Gasteiger partial charge in [-0.25, -0.2) is 9.78 Å². The molecule has 0 amide bonds. The number of carbonyl (C=O) groups is 1. The van der Waals surface area contributed by atoms with Crippen molar-refractivity contribution >= 4 is 17.5 Å². The zero-order valence-electron chi connectivity index (χ0n) is 7.88. The van der Waals surface area contributed by atoms with Gasteiger partial charge >= 0.3 is 12.1 Å². The summed E-state index contributed by atoms with van der Waals surface area (Å²) in [7, 11) is 0. The number of nitrogens with two attached hydrogens (primary N) is 1. The van der Waals surface area contributed by atoms with Crippen LogP contribution in [0, 0.1) is 0 Å². The van der Waals surface area contributed by atoms with Crippen LogP contribution in [0.15, 0.2) is 12.1 Å². The monoisotopic (exact) mass is 235 g/mol. The van der Waals surface area contributed by atoms with E-state index in [4.69, 9.17) is 10.8 Å². The van der Waals surface area contributed by atoms with E-state index in [1.165, 1.54) is 6.07 Å². The van der Waals surface area contributed by atoms with Crippen LogP contribution in [0.2, 0.25) is 0 Å². The van der Waals surface area contributed by atoms with E-state index < -0.39 is 18.7 Å². The minimum absolute atomic E-state index is 0.0470. The molecule has 0 radical (unpaired) electrons. The Balaban J connectivity index is 2.86. The zero-order chi connectivity index (χ0) is 12.3. The molecule has 88 valence electrons. The molecule has 1 aromatic heterocycles. The molecule has 0 spiro atoms. The lowest BCUT2D eigenvalue weighted by atomic mass is 10.3. The Bertz CT molecular complexity index is 406. The van der Waals surface area contributed by atoms with Gasteiger partial charge < -0.3 is 16.2 Å². The Labute approximate surface area is 88.1 Å². The number of hydrogen-bond donors (Lipinski definition) is 3. The summed E-state index contributed by atoms with van der Waals surface area (Å²) in [5.41, 5.74) is 4.91. The van der Waals surface area contributed by atoms with Crippen molar-refractivity contribution < 1.29 is 23.1 Å². The Kier molecular flexibility index (Phi) is 3.21. The topological polar surface area (TPSA) is 88.2 Å². The largest absolute Gasteiger partial charge is 0.477 e. The molecule has 1 aromatic rings. The number of halogens is 3. The molecule has 1 heterocycles. The van der Waals surface area contributed by atoms with E-state index in [-0.39, 0.29) is 17.2 Å². The summed E-state index contributed by atoms with van der Waals surface area (Å²) >= 11 is 0. The number of carboxylic acids is 1. The van der Waals surface area contributed by atoms with Gasteiger partial charge in [0.15, 0.2) is 11.5 Å². The smallest absolute Gasteiger partial charge is 0.405 e. The molecule has 0 atom stereocenters. The van der Waals surface area contributed by atoms with E-state index in [0.29, 0.717) is 0 Å². The van der Waals surface area contributed by atoms with E-state index in [1.54, 1.807) is 0 Å². The van der Waals surface area contributed by atoms with E-state index in [2.05, 4.69) is 4.98 Å². The molecule has 0 bridgehead atoms. The number of pyridine rings is 1. The number of nitrogen functional groups attached to an aromatic ring is 1. The Morgan fingerprint density at radius 3 is 2.62 bits per heavy atom. The number of nitrogens with zero attached hydrogens (tertiary/aromatic N) is 1. The molecule has 8 heteroatoms. The van der Waals surface area contributed by atoms with Gasteiger partial charge in [0.05, 0.1) is 5.69 Å². The number of aromatic nitrogens is 1. The lowest BCUT2D eigenvalue weighted by molar-refractivity contribution is -0.115. The summed E-state index contributed by atoms with van der Waals surface area (Å²) in [6.07, 6.45) is -4.42. The zero-order valence-corrected chi connectivity index (χ0v) is 7.88. The highest BCUT2D eigenvalue weighted by atomic mass is 19.4. The van der Waals surface area contributed by atoms with E-state index in [1.807, 2.05) is 5.32 Å². The van der Waals surface area contributed by atoms with Gasteiger partial charge in [-0.05, 0) is 12.1 Å². The van der Waals surface area contributed by atoms with Crippen LogP contribution in [-0.4, -0.2) is 28.8 Å². The first-order valence-electron chi connectivity index (χ1n) is 4.10. The van der Waals surface area contributed by atoms with Crippen molar-refractivity contribution in [2.24, 2.45) is 0 Å². The summed E-state index contributed by atoms with van der Waals surface area (Å²) in [6.45, 7) is -1.33. The molecule has 0 fully saturated rings. The molecular weight excluding hydrogens is 227 g/mol. The van der Waals surface area contributed by atoms with Gasteiger partial charge in [0.25, 0.3) is 0 Å². The molecule has 0 unspecified atom stereocenters. The molecule has 0 aliphatic carbocycles. The second-order valence-corrected chi connectivity index (χ2v) is 2.91. The maximum absolute atomic E-state index is 11.9. The third-order valence-corrected chi connectivity index (χ3v) is 1.60. The summed E-state index contributed by atoms with van der Waals surface area (Å²) in [5, 5.41) is 10.5. The van der Waals surface area contributed by atoms with Gasteiger partial charge in [-0.1, -0.05) is 0 Å². The Morgan fingerprint density at radius 2 is 2.12 bits per heavy atom. The average Bonchev–Trinajstić information content (AvgIpc) is 2.14. The van der Waals surface area contributed by atoms with Crippen molar-refractivity contribution in [1.82, 2.24) is 4.98 Å². The van der Waals surface area contributed by atoms with Crippen LogP contribution in [0.3, 0.4) is 0 Å². The molecule has 0 saturated carbocycles. The molecule has 0 aromatic carbocycles. The first kappa shape index (κ1) is 12.1.